The second-order valence-corrected chi connectivity index (χ2v) is 5.89. The van der Waals surface area contributed by atoms with Gasteiger partial charge in [-0.25, -0.2) is 0 Å². The van der Waals surface area contributed by atoms with Gasteiger partial charge in [0.15, 0.2) is 5.84 Å². The van der Waals surface area contributed by atoms with Crippen molar-refractivity contribution in [2.45, 2.75) is 38.4 Å². The van der Waals surface area contributed by atoms with Gasteiger partial charge in [-0.1, -0.05) is 16.8 Å². The first-order valence-corrected chi connectivity index (χ1v) is 6.87. The zero-order valence-corrected chi connectivity index (χ0v) is 12.4. The van der Waals surface area contributed by atoms with Gasteiger partial charge in [0.1, 0.15) is 12.4 Å². The molecule has 20 heavy (non-hydrogen) atoms. The van der Waals surface area contributed by atoms with Crippen LogP contribution in [0.5, 0.6) is 5.75 Å². The van der Waals surface area contributed by atoms with E-state index in [1.165, 1.54) is 0 Å². The number of benzene rings is 1. The molecule has 1 fully saturated rings. The van der Waals surface area contributed by atoms with E-state index in [9.17, 15) is 0 Å². The van der Waals surface area contributed by atoms with Gasteiger partial charge >= 0.3 is 0 Å². The molecule has 1 unspecified atom stereocenters. The van der Waals surface area contributed by atoms with Gasteiger partial charge in [-0.3, -0.25) is 0 Å². The van der Waals surface area contributed by atoms with Crippen LogP contribution in [0.1, 0.15) is 32.3 Å². The molecule has 1 aliphatic heterocycles. The van der Waals surface area contributed by atoms with Crippen LogP contribution in [0.2, 0.25) is 5.02 Å². The molecule has 1 aliphatic rings. The maximum absolute atomic E-state index is 8.62. The van der Waals surface area contributed by atoms with Gasteiger partial charge in [0.25, 0.3) is 0 Å². The fourth-order valence-corrected chi connectivity index (χ4v) is 2.45. The van der Waals surface area contributed by atoms with Gasteiger partial charge in [-0.05, 0) is 44.9 Å². The quantitative estimate of drug-likeness (QED) is 0.388. The zero-order chi connectivity index (χ0) is 14.8. The van der Waals surface area contributed by atoms with E-state index in [1.807, 2.05) is 0 Å². The summed E-state index contributed by atoms with van der Waals surface area (Å²) in [6.45, 7) is 4.61. The number of hydrogen-bond donors (Lipinski definition) is 2. The monoisotopic (exact) mass is 298 g/mol. The number of halogens is 1. The fourth-order valence-electron chi connectivity index (χ4n) is 2.21. The SMILES string of the molecule is CC1(C)CCC(COc2ccc(/C(N)=N/O)cc2Cl)O1. The summed E-state index contributed by atoms with van der Waals surface area (Å²) < 4.78 is 11.5. The molecule has 0 aliphatic carbocycles. The first-order chi connectivity index (χ1) is 9.41. The Kier molecular flexibility index (Phi) is 4.40. The number of hydrogen-bond acceptors (Lipinski definition) is 4. The van der Waals surface area contributed by atoms with E-state index in [2.05, 4.69) is 19.0 Å². The lowest BCUT2D eigenvalue weighted by Gasteiger charge is -2.19. The molecule has 6 heteroatoms. The highest BCUT2D eigenvalue weighted by atomic mass is 35.5. The Morgan fingerprint density at radius 3 is 2.90 bits per heavy atom. The zero-order valence-electron chi connectivity index (χ0n) is 11.6. The molecular weight excluding hydrogens is 280 g/mol. The van der Waals surface area contributed by atoms with Crippen molar-refractivity contribution in [2.24, 2.45) is 10.9 Å². The van der Waals surface area contributed by atoms with E-state index >= 15 is 0 Å². The van der Waals surface area contributed by atoms with Crippen molar-refractivity contribution in [2.75, 3.05) is 6.61 Å². The van der Waals surface area contributed by atoms with Crippen molar-refractivity contribution >= 4 is 17.4 Å². The van der Waals surface area contributed by atoms with Gasteiger partial charge in [0, 0.05) is 5.56 Å². The van der Waals surface area contributed by atoms with Crippen LogP contribution in [0.3, 0.4) is 0 Å². The van der Waals surface area contributed by atoms with E-state index in [1.54, 1.807) is 18.2 Å². The molecule has 5 nitrogen and oxygen atoms in total. The summed E-state index contributed by atoms with van der Waals surface area (Å²) in [5.41, 5.74) is 5.97. The molecule has 1 atom stereocenters. The highest BCUT2D eigenvalue weighted by molar-refractivity contribution is 6.32. The van der Waals surface area contributed by atoms with Crippen LogP contribution in [0.15, 0.2) is 23.4 Å². The van der Waals surface area contributed by atoms with Crippen LogP contribution in [0.4, 0.5) is 0 Å². The third kappa shape index (κ3) is 3.55. The van der Waals surface area contributed by atoms with E-state index in [-0.39, 0.29) is 17.5 Å². The van der Waals surface area contributed by atoms with Gasteiger partial charge in [-0.2, -0.15) is 0 Å². The Bertz CT molecular complexity index is 517. The molecule has 0 bridgehead atoms. The second-order valence-electron chi connectivity index (χ2n) is 5.48. The molecule has 110 valence electrons. The molecule has 0 saturated carbocycles. The summed E-state index contributed by atoms with van der Waals surface area (Å²) in [6, 6.07) is 5.00. The molecule has 1 heterocycles. The molecule has 3 N–H and O–H groups in total. The van der Waals surface area contributed by atoms with Crippen LogP contribution >= 0.6 is 11.6 Å². The maximum Gasteiger partial charge on any atom is 0.170 e. The minimum Gasteiger partial charge on any atom is -0.489 e. The summed E-state index contributed by atoms with van der Waals surface area (Å²) in [7, 11) is 0. The molecule has 0 aromatic heterocycles. The van der Waals surface area contributed by atoms with Crippen molar-refractivity contribution in [1.82, 2.24) is 0 Å². The van der Waals surface area contributed by atoms with Crippen LogP contribution < -0.4 is 10.5 Å². The number of amidine groups is 1. The molecule has 1 saturated heterocycles. The first-order valence-electron chi connectivity index (χ1n) is 6.49. The average Bonchev–Trinajstić information content (AvgIpc) is 2.76. The van der Waals surface area contributed by atoms with Crippen molar-refractivity contribution < 1.29 is 14.7 Å². The summed E-state index contributed by atoms with van der Waals surface area (Å²) >= 11 is 6.11. The maximum atomic E-state index is 8.62. The third-order valence-corrected chi connectivity index (χ3v) is 3.61. The summed E-state index contributed by atoms with van der Waals surface area (Å²) in [5, 5.41) is 12.0. The Labute approximate surface area is 123 Å². The summed E-state index contributed by atoms with van der Waals surface area (Å²) in [4.78, 5) is 0. The summed E-state index contributed by atoms with van der Waals surface area (Å²) in [5.74, 6) is 0.578. The Morgan fingerprint density at radius 2 is 2.35 bits per heavy atom. The van der Waals surface area contributed by atoms with Crippen LogP contribution in [0.25, 0.3) is 0 Å². The topological polar surface area (TPSA) is 77.1 Å². The lowest BCUT2D eigenvalue weighted by Crippen LogP contribution is -2.24. The Balaban J connectivity index is 1.97. The normalized spacial score (nSPS) is 21.9. The van der Waals surface area contributed by atoms with Crippen LogP contribution in [0, 0.1) is 0 Å². The lowest BCUT2D eigenvalue weighted by atomic mass is 10.1. The van der Waals surface area contributed by atoms with Crippen molar-refractivity contribution in [1.29, 1.82) is 0 Å². The van der Waals surface area contributed by atoms with Crippen molar-refractivity contribution in [3.05, 3.63) is 28.8 Å². The Morgan fingerprint density at radius 1 is 1.60 bits per heavy atom. The van der Waals surface area contributed by atoms with E-state index in [0.29, 0.717) is 22.9 Å². The van der Waals surface area contributed by atoms with Gasteiger partial charge in [-0.15, -0.1) is 0 Å². The van der Waals surface area contributed by atoms with Gasteiger partial charge in [0.05, 0.1) is 16.7 Å². The van der Waals surface area contributed by atoms with Gasteiger partial charge in [0.2, 0.25) is 0 Å². The number of ether oxygens (including phenoxy) is 2. The highest BCUT2D eigenvalue weighted by Gasteiger charge is 2.31. The largest absolute Gasteiger partial charge is 0.489 e. The number of oxime groups is 1. The number of rotatable bonds is 4. The van der Waals surface area contributed by atoms with Crippen molar-refractivity contribution in [3.63, 3.8) is 0 Å². The molecule has 0 radical (unpaired) electrons. The van der Waals surface area contributed by atoms with Crippen LogP contribution in [-0.4, -0.2) is 29.4 Å². The third-order valence-electron chi connectivity index (χ3n) is 3.31. The predicted octanol–water partition coefficient (Wildman–Crippen LogP) is 2.77. The molecule has 1 aromatic carbocycles. The fraction of sp³-hybridized carbons (Fsp3) is 0.500. The van der Waals surface area contributed by atoms with E-state index in [0.717, 1.165) is 12.8 Å². The molecule has 0 amide bonds. The van der Waals surface area contributed by atoms with Crippen LogP contribution in [-0.2, 0) is 4.74 Å². The minimum atomic E-state index is -0.0757. The summed E-state index contributed by atoms with van der Waals surface area (Å²) in [6.07, 6.45) is 2.09. The number of nitrogens with zero attached hydrogens (tertiary/aromatic N) is 1. The first kappa shape index (κ1) is 14.9. The lowest BCUT2D eigenvalue weighted by molar-refractivity contribution is -0.0326. The molecular formula is C14H19ClN2O3. The molecule has 0 spiro atoms. The van der Waals surface area contributed by atoms with E-state index < -0.39 is 0 Å². The molecule has 2 rings (SSSR count). The standard InChI is InChI=1S/C14H19ClN2O3/c1-14(2)6-5-10(20-14)8-19-12-4-3-9(7-11(12)15)13(16)17-18/h3-4,7,10,18H,5-6,8H2,1-2H3,(H2,16,17). The highest BCUT2D eigenvalue weighted by Crippen LogP contribution is 2.31. The van der Waals surface area contributed by atoms with Gasteiger partial charge < -0.3 is 20.4 Å². The average molecular weight is 299 g/mol. The smallest absolute Gasteiger partial charge is 0.170 e. The van der Waals surface area contributed by atoms with E-state index in [4.69, 9.17) is 32.0 Å². The number of nitrogens with two attached hydrogens (primary N) is 1. The Hall–Kier alpha value is -1.46. The minimum absolute atomic E-state index is 0.0133. The van der Waals surface area contributed by atoms with Crippen molar-refractivity contribution in [3.8, 4) is 5.75 Å². The molecule has 1 aromatic rings. The predicted molar refractivity (Wildman–Crippen MR) is 77.6 cm³/mol. The second kappa shape index (κ2) is 5.89.